The monoisotopic (exact) mass is 178 g/mol. The Kier molecular flexibility index (Phi) is 8.76. The van der Waals surface area contributed by atoms with Crippen LogP contribution in [0.25, 0.3) is 0 Å². The number of rotatable bonds is 7. The summed E-state index contributed by atoms with van der Waals surface area (Å²) in [5.41, 5.74) is 0. The van der Waals surface area contributed by atoms with Gasteiger partial charge in [0.05, 0.1) is 13.2 Å². The lowest BCUT2D eigenvalue weighted by atomic mass is 10.8. The average Bonchev–Trinajstić information content (AvgIpc) is 2.05. The van der Waals surface area contributed by atoms with E-state index in [1.165, 1.54) is 0 Å². The van der Waals surface area contributed by atoms with Gasteiger partial charge >= 0.3 is 14.8 Å². The summed E-state index contributed by atoms with van der Waals surface area (Å²) in [6.45, 7) is 2.73. The molecule has 0 bridgehead atoms. The molecule has 0 rings (SSSR count). The molecule has 0 spiro atoms. The van der Waals surface area contributed by atoms with Crippen LogP contribution in [0.15, 0.2) is 0 Å². The standard InChI is InChI=1S/2C2H5O2.C2H5.Al/c2*3-1-2-4;1-2;/h2*3H,1-2H2;1H2,2H3;/q2*-1;;+2. The Labute approximate surface area is 71.8 Å². The Morgan fingerprint density at radius 1 is 1.09 bits per heavy atom. The van der Waals surface area contributed by atoms with Crippen molar-refractivity contribution in [2.24, 2.45) is 0 Å². The molecule has 0 saturated heterocycles. The Balaban J connectivity index is 3.25. The van der Waals surface area contributed by atoms with Gasteiger partial charge in [0.25, 0.3) is 0 Å². The highest BCUT2D eigenvalue weighted by Crippen LogP contribution is 1.95. The van der Waals surface area contributed by atoms with Crippen LogP contribution < -0.4 is 0 Å². The molecule has 0 aromatic heterocycles. The Hall–Kier alpha value is 0.372. The minimum Gasteiger partial charge on any atom is -0.476 e. The summed E-state index contributed by atoms with van der Waals surface area (Å²) in [6.07, 6.45) is 0. The van der Waals surface area contributed by atoms with E-state index in [9.17, 15) is 0 Å². The van der Waals surface area contributed by atoms with Gasteiger partial charge in [0.2, 0.25) is 0 Å². The van der Waals surface area contributed by atoms with E-state index < -0.39 is 14.8 Å². The van der Waals surface area contributed by atoms with E-state index in [1.54, 1.807) is 0 Å². The third-order valence-electron chi connectivity index (χ3n) is 1.12. The fraction of sp³-hybridized carbons (Fsp3) is 1.00. The number of hydrogen-bond acceptors (Lipinski definition) is 4. The smallest absolute Gasteiger partial charge is 0.476 e. The predicted molar refractivity (Wildman–Crippen MR) is 42.3 cm³/mol. The van der Waals surface area contributed by atoms with Crippen molar-refractivity contribution in [2.45, 2.75) is 12.2 Å². The molecule has 5 heteroatoms. The Morgan fingerprint density at radius 3 is 1.82 bits per heavy atom. The van der Waals surface area contributed by atoms with E-state index in [2.05, 4.69) is 0 Å². The van der Waals surface area contributed by atoms with E-state index in [0.29, 0.717) is 13.2 Å². The summed E-state index contributed by atoms with van der Waals surface area (Å²) < 4.78 is 10.4. The van der Waals surface area contributed by atoms with Crippen molar-refractivity contribution < 1.29 is 17.8 Å². The third kappa shape index (κ3) is 6.76. The highest BCUT2D eigenvalue weighted by atomic mass is 27.2. The SMILES string of the molecule is C[CH2][Al]([O]CCO)[O]CCO. The van der Waals surface area contributed by atoms with Gasteiger partial charge in [-0.1, -0.05) is 6.92 Å². The van der Waals surface area contributed by atoms with Crippen molar-refractivity contribution in [1.82, 2.24) is 0 Å². The maximum absolute atomic E-state index is 8.43. The normalized spacial score (nSPS) is 10.1. The van der Waals surface area contributed by atoms with Gasteiger partial charge in [-0.2, -0.15) is 0 Å². The summed E-state index contributed by atoms with van der Waals surface area (Å²) in [4.78, 5) is 0. The molecule has 4 nitrogen and oxygen atoms in total. The van der Waals surface area contributed by atoms with Gasteiger partial charge in [-0.15, -0.1) is 0 Å². The fourth-order valence-corrected chi connectivity index (χ4v) is 1.96. The van der Waals surface area contributed by atoms with Crippen molar-refractivity contribution in [2.75, 3.05) is 26.4 Å². The summed E-state index contributed by atoms with van der Waals surface area (Å²) in [5.74, 6) is 0. The molecule has 0 radical (unpaired) electrons. The molecular weight excluding hydrogens is 163 g/mol. The Bertz CT molecular complexity index is 73.0. The molecule has 0 atom stereocenters. The first-order valence-corrected chi connectivity index (χ1v) is 5.56. The highest BCUT2D eigenvalue weighted by Gasteiger charge is 2.21. The minimum atomic E-state index is -1.57. The first-order chi connectivity index (χ1) is 5.35. The largest absolute Gasteiger partial charge is 0.674 e. The maximum Gasteiger partial charge on any atom is 0.674 e. The molecule has 0 aliphatic heterocycles. The number of aliphatic hydroxyl groups is 2. The second kappa shape index (κ2) is 8.47. The lowest BCUT2D eigenvalue weighted by molar-refractivity contribution is 0.133. The zero-order chi connectivity index (χ0) is 8.53. The van der Waals surface area contributed by atoms with Crippen molar-refractivity contribution in [3.05, 3.63) is 0 Å². The van der Waals surface area contributed by atoms with Crippen molar-refractivity contribution in [1.29, 1.82) is 0 Å². The molecule has 0 aliphatic carbocycles. The maximum atomic E-state index is 8.43. The second-order valence-corrected chi connectivity index (χ2v) is 4.37. The van der Waals surface area contributed by atoms with Crippen LogP contribution in [0.5, 0.6) is 0 Å². The highest BCUT2D eigenvalue weighted by molar-refractivity contribution is 6.44. The van der Waals surface area contributed by atoms with Gasteiger partial charge in [0, 0.05) is 13.2 Å². The van der Waals surface area contributed by atoms with Crippen molar-refractivity contribution >= 4 is 14.8 Å². The fourth-order valence-electron chi connectivity index (χ4n) is 0.652. The first kappa shape index (κ1) is 11.4. The molecule has 2 N–H and O–H groups in total. The van der Waals surface area contributed by atoms with E-state index in [4.69, 9.17) is 17.8 Å². The van der Waals surface area contributed by atoms with Gasteiger partial charge in [0.1, 0.15) is 0 Å². The van der Waals surface area contributed by atoms with E-state index in [1.807, 2.05) is 6.92 Å². The second-order valence-electron chi connectivity index (χ2n) is 2.03. The average molecular weight is 178 g/mol. The number of aliphatic hydroxyl groups excluding tert-OH is 2. The van der Waals surface area contributed by atoms with Crippen LogP contribution in [0, 0.1) is 0 Å². The summed E-state index contributed by atoms with van der Waals surface area (Å²) in [5, 5.41) is 17.7. The molecule has 0 unspecified atom stereocenters. The quantitative estimate of drug-likeness (QED) is 0.516. The van der Waals surface area contributed by atoms with Crippen LogP contribution in [-0.4, -0.2) is 51.5 Å². The van der Waals surface area contributed by atoms with Crippen molar-refractivity contribution in [3.63, 3.8) is 0 Å². The molecular formula is C6H15AlO4. The van der Waals surface area contributed by atoms with Gasteiger partial charge in [0.15, 0.2) is 0 Å². The Morgan fingerprint density at radius 2 is 1.55 bits per heavy atom. The van der Waals surface area contributed by atoms with E-state index in [-0.39, 0.29) is 13.2 Å². The summed E-state index contributed by atoms with van der Waals surface area (Å²) >= 11 is -1.57. The number of hydrogen-bond donors (Lipinski definition) is 2. The molecule has 0 heterocycles. The van der Waals surface area contributed by atoms with Gasteiger partial charge in [-0.25, -0.2) is 0 Å². The molecule has 11 heavy (non-hydrogen) atoms. The molecule has 0 saturated carbocycles. The van der Waals surface area contributed by atoms with Crippen LogP contribution >= 0.6 is 0 Å². The first-order valence-electron chi connectivity index (χ1n) is 3.80. The lowest BCUT2D eigenvalue weighted by Crippen LogP contribution is -2.24. The van der Waals surface area contributed by atoms with Crippen molar-refractivity contribution in [3.8, 4) is 0 Å². The van der Waals surface area contributed by atoms with E-state index in [0.717, 1.165) is 5.28 Å². The minimum absolute atomic E-state index is 0.0337. The molecule has 66 valence electrons. The van der Waals surface area contributed by atoms with Crippen LogP contribution in [0.4, 0.5) is 0 Å². The summed E-state index contributed by atoms with van der Waals surface area (Å²) in [6, 6.07) is 0. The zero-order valence-corrected chi connectivity index (χ0v) is 7.98. The van der Waals surface area contributed by atoms with Crippen LogP contribution in [-0.2, 0) is 7.58 Å². The van der Waals surface area contributed by atoms with E-state index >= 15 is 0 Å². The third-order valence-corrected chi connectivity index (χ3v) is 3.01. The topological polar surface area (TPSA) is 58.9 Å². The molecule has 0 aromatic rings. The van der Waals surface area contributed by atoms with Gasteiger partial charge in [-0.05, 0) is 5.28 Å². The summed E-state index contributed by atoms with van der Waals surface area (Å²) in [7, 11) is 0. The van der Waals surface area contributed by atoms with Crippen LogP contribution in [0.2, 0.25) is 5.28 Å². The zero-order valence-electron chi connectivity index (χ0n) is 6.82. The van der Waals surface area contributed by atoms with Gasteiger partial charge in [-0.3, -0.25) is 0 Å². The van der Waals surface area contributed by atoms with Crippen LogP contribution in [0.3, 0.4) is 0 Å². The lowest BCUT2D eigenvalue weighted by Gasteiger charge is -2.09. The molecule has 0 fully saturated rings. The molecule has 0 amide bonds. The van der Waals surface area contributed by atoms with Crippen LogP contribution in [0.1, 0.15) is 6.92 Å². The van der Waals surface area contributed by atoms with Gasteiger partial charge < -0.3 is 17.8 Å². The molecule has 0 aliphatic rings. The molecule has 0 aromatic carbocycles. The predicted octanol–water partition coefficient (Wildman–Crippen LogP) is -0.488.